The Labute approximate surface area is 425 Å². The van der Waals surface area contributed by atoms with Gasteiger partial charge in [0, 0.05) is 12.5 Å². The predicted octanol–water partition coefficient (Wildman–Crippen LogP) is 2.31. The molecule has 0 spiro atoms. The van der Waals surface area contributed by atoms with Crippen LogP contribution in [0, 0.1) is 28.6 Å². The highest BCUT2D eigenvalue weighted by Gasteiger charge is 2.67. The lowest BCUT2D eigenvalue weighted by Crippen LogP contribution is -2.64. The number of aliphatic hydroxyl groups is 8. The smallest absolute Gasteiger partial charge is 0.338 e. The normalized spacial score (nSPS) is 44.9. The van der Waals surface area contributed by atoms with Gasteiger partial charge in [-0.25, -0.2) is 9.59 Å². The lowest BCUT2D eigenvalue weighted by Gasteiger charge is -2.61. The first kappa shape index (κ1) is 54.3. The Morgan fingerprint density at radius 3 is 1.90 bits per heavy atom. The van der Waals surface area contributed by atoms with E-state index in [2.05, 4.69) is 19.9 Å². The van der Waals surface area contributed by atoms with Gasteiger partial charge in [-0.15, -0.1) is 0 Å². The Morgan fingerprint density at radius 2 is 1.27 bits per heavy atom. The van der Waals surface area contributed by atoms with Gasteiger partial charge in [-0.2, -0.15) is 0 Å². The molecule has 19 heteroatoms. The van der Waals surface area contributed by atoms with Gasteiger partial charge in [-0.3, -0.25) is 0 Å². The summed E-state index contributed by atoms with van der Waals surface area (Å²) < 4.78 is 54.5. The summed E-state index contributed by atoms with van der Waals surface area (Å²) in [7, 11) is 1.40. The minimum Gasteiger partial charge on any atom is -0.452 e. The van der Waals surface area contributed by atoms with E-state index in [1.165, 1.54) is 12.7 Å². The molecule has 23 atom stereocenters. The maximum atomic E-state index is 13.5. The summed E-state index contributed by atoms with van der Waals surface area (Å²) in [4.78, 5) is 26.8. The van der Waals surface area contributed by atoms with E-state index >= 15 is 0 Å². The number of rotatable bonds is 14. The van der Waals surface area contributed by atoms with Gasteiger partial charge in [-0.05, 0) is 113 Å². The van der Waals surface area contributed by atoms with E-state index in [1.807, 2.05) is 6.92 Å². The van der Waals surface area contributed by atoms with Gasteiger partial charge in [0.15, 0.2) is 31.1 Å². The molecule has 2 aromatic carbocycles. The number of hydrogen-bond acceptors (Lipinski definition) is 19. The van der Waals surface area contributed by atoms with Crippen LogP contribution < -0.4 is 0 Å². The molecule has 8 N–H and O–H groups in total. The molecule has 404 valence electrons. The van der Waals surface area contributed by atoms with E-state index in [4.69, 9.17) is 42.6 Å². The van der Waals surface area contributed by atoms with E-state index in [0.29, 0.717) is 38.5 Å². The summed E-state index contributed by atoms with van der Waals surface area (Å²) in [6, 6.07) is 16.4. The maximum absolute atomic E-state index is 13.5. The molecule has 0 unspecified atom stereocenters. The van der Waals surface area contributed by atoms with Crippen LogP contribution in [0.5, 0.6) is 0 Å². The molecule has 0 radical (unpaired) electrons. The van der Waals surface area contributed by atoms with Crippen molar-refractivity contribution in [3.05, 3.63) is 83.4 Å². The largest absolute Gasteiger partial charge is 0.452 e. The van der Waals surface area contributed by atoms with E-state index in [9.17, 15) is 50.4 Å². The van der Waals surface area contributed by atoms with Crippen molar-refractivity contribution in [2.45, 2.75) is 189 Å². The van der Waals surface area contributed by atoms with Gasteiger partial charge in [0.25, 0.3) is 0 Å². The summed E-state index contributed by atoms with van der Waals surface area (Å²) in [5, 5.41) is 88.1. The molecule has 3 saturated carbocycles. The van der Waals surface area contributed by atoms with E-state index in [1.54, 1.807) is 67.6 Å². The number of ether oxygens (including phenoxy) is 9. The molecule has 3 aliphatic heterocycles. The second kappa shape index (κ2) is 21.9. The first-order valence-electron chi connectivity index (χ1n) is 25.9. The van der Waals surface area contributed by atoms with Crippen molar-refractivity contribution in [2.24, 2.45) is 28.6 Å². The van der Waals surface area contributed by atoms with Crippen LogP contribution in [0.25, 0.3) is 0 Å². The van der Waals surface area contributed by atoms with E-state index in [-0.39, 0.29) is 40.4 Å². The molecule has 9 rings (SSSR count). The fourth-order valence-electron chi connectivity index (χ4n) is 13.9. The van der Waals surface area contributed by atoms with Gasteiger partial charge in [0.05, 0.1) is 48.3 Å². The third-order valence-corrected chi connectivity index (χ3v) is 18.0. The van der Waals surface area contributed by atoms with Crippen LogP contribution >= 0.6 is 0 Å². The summed E-state index contributed by atoms with van der Waals surface area (Å²) in [5.74, 6) is -1.59. The van der Waals surface area contributed by atoms with E-state index in [0.717, 1.165) is 12.8 Å². The average molecular weight is 1030 g/mol. The van der Waals surface area contributed by atoms with Crippen LogP contribution in [0.2, 0.25) is 0 Å². The van der Waals surface area contributed by atoms with Crippen LogP contribution in [0.3, 0.4) is 0 Å². The van der Waals surface area contributed by atoms with E-state index < -0.39 is 134 Å². The third-order valence-electron chi connectivity index (χ3n) is 18.0. The fourth-order valence-corrected chi connectivity index (χ4v) is 13.9. The van der Waals surface area contributed by atoms with Gasteiger partial charge in [0.1, 0.15) is 54.9 Å². The molecular weight excluding hydrogens is 953 g/mol. The molecule has 73 heavy (non-hydrogen) atoms. The lowest BCUT2D eigenvalue weighted by atomic mass is 9.45. The van der Waals surface area contributed by atoms with Crippen LogP contribution in [-0.4, -0.2) is 183 Å². The number of carbonyl (C=O) groups is 2. The van der Waals surface area contributed by atoms with Crippen molar-refractivity contribution in [1.82, 2.24) is 0 Å². The van der Waals surface area contributed by atoms with Crippen LogP contribution in [-0.2, 0) is 42.6 Å². The van der Waals surface area contributed by atoms with Gasteiger partial charge in [-0.1, -0.05) is 61.9 Å². The monoisotopic (exact) mass is 1030 g/mol. The number of methoxy groups -OCH3 is 1. The number of hydrogen-bond donors (Lipinski definition) is 8. The SMILES string of the molecule is CO[C@@H]1[C@@H](O)[C@H](O[C@H]2CC[C@@]3(C)C(=CC[C@@H]4[C@@H]3CC[C@]3(C)[C@@H]([C@H](C)O[C@@H]5O[C@H](CO)[C@@H](OC(=O)c6ccccc6)[C@H](OC(=O)c6ccccc6)[C@H]5O)CC[C@]43O)C2)O[C@H](C)[C@@H]1O[C@@H]1O[C@H](CO)[C@@H](O)[C@H](O)[C@H]1O. The number of esters is 2. The highest BCUT2D eigenvalue weighted by Crippen LogP contribution is 2.68. The molecule has 3 saturated heterocycles. The number of carbonyl (C=O) groups excluding carboxylic acids is 2. The van der Waals surface area contributed by atoms with Gasteiger partial charge >= 0.3 is 11.9 Å². The summed E-state index contributed by atoms with van der Waals surface area (Å²) in [5.41, 5.74) is -0.210. The number of allylic oxidation sites excluding steroid dienone is 1. The molecule has 4 aliphatic carbocycles. The molecule has 19 nitrogen and oxygen atoms in total. The Balaban J connectivity index is 0.854. The first-order valence-corrected chi connectivity index (χ1v) is 25.9. The van der Waals surface area contributed by atoms with Gasteiger partial charge < -0.3 is 83.5 Å². The highest BCUT2D eigenvalue weighted by molar-refractivity contribution is 5.90. The fraction of sp³-hybridized carbons (Fsp3) is 0.704. The van der Waals surface area contributed by atoms with Crippen molar-refractivity contribution in [1.29, 1.82) is 0 Å². The van der Waals surface area contributed by atoms with Crippen molar-refractivity contribution < 1.29 is 93.1 Å². The second-order valence-corrected chi connectivity index (χ2v) is 21.8. The Hall–Kier alpha value is -3.48. The summed E-state index contributed by atoms with van der Waals surface area (Å²) >= 11 is 0. The summed E-state index contributed by atoms with van der Waals surface area (Å²) in [6.45, 7) is 6.75. The number of fused-ring (bicyclic) bond motifs is 5. The van der Waals surface area contributed by atoms with Crippen LogP contribution in [0.15, 0.2) is 72.3 Å². The number of benzene rings is 2. The van der Waals surface area contributed by atoms with Crippen LogP contribution in [0.1, 0.15) is 99.8 Å². The zero-order valence-corrected chi connectivity index (χ0v) is 42.0. The third kappa shape index (κ3) is 9.95. The van der Waals surface area contributed by atoms with Crippen LogP contribution in [0.4, 0.5) is 0 Å². The zero-order chi connectivity index (χ0) is 52.1. The molecular formula is C54H74O19. The Morgan fingerprint density at radius 1 is 0.671 bits per heavy atom. The molecule has 3 heterocycles. The minimum atomic E-state index is -1.65. The molecule has 0 amide bonds. The first-order chi connectivity index (χ1) is 34.9. The summed E-state index contributed by atoms with van der Waals surface area (Å²) in [6.07, 6.45) is -13.0. The molecule has 0 aromatic heterocycles. The quantitative estimate of drug-likeness (QED) is 0.0996. The zero-order valence-electron chi connectivity index (χ0n) is 42.0. The topological polar surface area (TPSA) is 279 Å². The Kier molecular flexibility index (Phi) is 16.3. The predicted molar refractivity (Wildman–Crippen MR) is 255 cm³/mol. The second-order valence-electron chi connectivity index (χ2n) is 21.8. The van der Waals surface area contributed by atoms with Crippen molar-refractivity contribution >= 4 is 11.9 Å². The standard InChI is InChI=1S/C54H74O19/c1-27(66-51-42(61)46(72-48(63)30-14-10-7-11-15-30)44(37(26-56)70-51)71-47(62)29-12-8-6-9-13-29)33-20-23-54(64)35-17-16-31-24-32(18-21-52(31,3)34(35)19-22-53(33,54)4)68-50-41(60)45(65-5)43(28(2)67-50)73-49-40(59)39(58)38(57)36(25-55)69-49/h6-16,27-28,32-46,49-51,55-61,64H,17-26H2,1-5H3/t27-,28+,32-,33+,34-,35+,36+,37+,38+,39-,40+,41+,42+,43-,44+,45+,46+,49-,50-,51+,52-,53+,54-/m0/s1. The lowest BCUT2D eigenvalue weighted by molar-refractivity contribution is -0.361. The van der Waals surface area contributed by atoms with Crippen molar-refractivity contribution in [3.8, 4) is 0 Å². The van der Waals surface area contributed by atoms with Gasteiger partial charge in [0.2, 0.25) is 0 Å². The number of aliphatic hydroxyl groups excluding tert-OH is 7. The molecule has 2 aromatic rings. The molecule has 6 fully saturated rings. The molecule has 7 aliphatic rings. The maximum Gasteiger partial charge on any atom is 0.338 e. The van der Waals surface area contributed by atoms with Crippen molar-refractivity contribution in [2.75, 3.05) is 20.3 Å². The van der Waals surface area contributed by atoms with Crippen molar-refractivity contribution in [3.63, 3.8) is 0 Å². The minimum absolute atomic E-state index is 0.0563. The Bertz CT molecular complexity index is 2230. The average Bonchev–Trinajstić information content (AvgIpc) is 3.68. The highest BCUT2D eigenvalue weighted by atomic mass is 16.7. The molecule has 0 bridgehead atoms.